The number of nitrogens with two attached hydrogens (primary N) is 1. The summed E-state index contributed by atoms with van der Waals surface area (Å²) < 4.78 is 10.7. The molecule has 0 saturated heterocycles. The maximum atomic E-state index is 11.7. The number of aromatic nitrogens is 1. The Kier molecular flexibility index (Phi) is 4.12. The average Bonchev–Trinajstić information content (AvgIpc) is 2.85. The molecule has 7 heteroatoms. The van der Waals surface area contributed by atoms with E-state index in [1.54, 1.807) is 0 Å². The minimum Gasteiger partial charge on any atom is -0.487 e. The lowest BCUT2D eigenvalue weighted by atomic mass is 10.1. The fraction of sp³-hybridized carbons (Fsp3) is 0.375. The number of methoxy groups -OCH3 is 1. The Morgan fingerprint density at radius 1 is 1.57 bits per heavy atom. The molecule has 1 aromatic heterocycles. The molecule has 2 N–H and O–H groups in total. The zero-order valence-electron chi connectivity index (χ0n) is 13.3. The van der Waals surface area contributed by atoms with Gasteiger partial charge in [0.25, 0.3) is 0 Å². The number of esters is 1. The van der Waals surface area contributed by atoms with Crippen molar-refractivity contribution in [3.8, 4) is 17.0 Å². The number of nitrogens with zero attached hydrogens (tertiary/aromatic N) is 2. The summed E-state index contributed by atoms with van der Waals surface area (Å²) >= 11 is 1.46. The van der Waals surface area contributed by atoms with Crippen LogP contribution in [0.1, 0.15) is 11.8 Å². The molecule has 2 heterocycles. The van der Waals surface area contributed by atoms with E-state index in [2.05, 4.69) is 4.98 Å². The fourth-order valence-electron chi connectivity index (χ4n) is 2.73. The molecule has 0 fully saturated rings. The molecule has 1 unspecified atom stereocenters. The van der Waals surface area contributed by atoms with Gasteiger partial charge in [-0.05, 0) is 32.0 Å². The molecule has 0 aliphatic carbocycles. The molecular weight excluding hydrogens is 314 g/mol. The number of fused-ring (bicyclic) bond motifs is 1. The summed E-state index contributed by atoms with van der Waals surface area (Å²) in [4.78, 5) is 19.1. The van der Waals surface area contributed by atoms with E-state index in [0.29, 0.717) is 11.7 Å². The minimum atomic E-state index is -0.274. The topological polar surface area (TPSA) is 77.7 Å². The van der Waals surface area contributed by atoms with Gasteiger partial charge < -0.3 is 20.1 Å². The zero-order chi connectivity index (χ0) is 16.6. The van der Waals surface area contributed by atoms with E-state index in [1.165, 1.54) is 18.4 Å². The standard InChI is InChI=1S/C16H19N3O3S/c1-9-7-19(8-14(20)21-3)12-6-11(4-5-13(12)22-9)15-10(2)23-16(17)18-15/h4-6,9H,7-8H2,1-3H3,(H2,17,18). The van der Waals surface area contributed by atoms with E-state index in [1.807, 2.05) is 36.9 Å². The van der Waals surface area contributed by atoms with Gasteiger partial charge in [-0.15, -0.1) is 11.3 Å². The summed E-state index contributed by atoms with van der Waals surface area (Å²) in [6.45, 7) is 4.79. The molecule has 0 radical (unpaired) electrons. The molecular formula is C16H19N3O3S. The lowest BCUT2D eigenvalue weighted by Gasteiger charge is -2.34. The Balaban J connectivity index is 2.00. The number of carbonyl (C=O) groups excluding carboxylic acids is 1. The van der Waals surface area contributed by atoms with Crippen molar-refractivity contribution in [2.75, 3.05) is 30.8 Å². The lowest BCUT2D eigenvalue weighted by Crippen LogP contribution is -2.41. The van der Waals surface area contributed by atoms with Crippen LogP contribution >= 0.6 is 11.3 Å². The van der Waals surface area contributed by atoms with Gasteiger partial charge in [0.15, 0.2) is 5.13 Å². The van der Waals surface area contributed by atoms with E-state index in [4.69, 9.17) is 15.2 Å². The van der Waals surface area contributed by atoms with Gasteiger partial charge in [-0.25, -0.2) is 4.98 Å². The monoisotopic (exact) mass is 333 g/mol. The summed E-state index contributed by atoms with van der Waals surface area (Å²) in [6, 6.07) is 5.87. The maximum Gasteiger partial charge on any atom is 0.325 e. The van der Waals surface area contributed by atoms with Crippen molar-refractivity contribution in [2.24, 2.45) is 0 Å². The summed E-state index contributed by atoms with van der Waals surface area (Å²) in [6.07, 6.45) is 0.00894. The lowest BCUT2D eigenvalue weighted by molar-refractivity contribution is -0.139. The van der Waals surface area contributed by atoms with Gasteiger partial charge in [-0.2, -0.15) is 0 Å². The van der Waals surface area contributed by atoms with Crippen molar-refractivity contribution in [1.29, 1.82) is 0 Å². The van der Waals surface area contributed by atoms with Gasteiger partial charge in [-0.3, -0.25) is 4.79 Å². The summed E-state index contributed by atoms with van der Waals surface area (Å²) in [5, 5.41) is 0.548. The second kappa shape index (κ2) is 6.08. The van der Waals surface area contributed by atoms with Crippen molar-refractivity contribution in [3.63, 3.8) is 0 Å². The third kappa shape index (κ3) is 3.10. The summed E-state index contributed by atoms with van der Waals surface area (Å²) in [5.74, 6) is 0.488. The number of hydrogen-bond donors (Lipinski definition) is 1. The number of anilines is 2. The average molecular weight is 333 g/mol. The molecule has 1 aliphatic rings. The van der Waals surface area contributed by atoms with Gasteiger partial charge in [0.1, 0.15) is 18.4 Å². The molecule has 1 aromatic carbocycles. The van der Waals surface area contributed by atoms with Crippen molar-refractivity contribution in [3.05, 3.63) is 23.1 Å². The van der Waals surface area contributed by atoms with Crippen molar-refractivity contribution in [1.82, 2.24) is 4.98 Å². The molecule has 0 bridgehead atoms. The second-order valence-corrected chi connectivity index (χ2v) is 6.76. The van der Waals surface area contributed by atoms with Crippen LogP contribution < -0.4 is 15.4 Å². The van der Waals surface area contributed by atoms with Crippen LogP contribution in [0.2, 0.25) is 0 Å². The Morgan fingerprint density at radius 3 is 3.00 bits per heavy atom. The van der Waals surface area contributed by atoms with Crippen molar-refractivity contribution < 1.29 is 14.3 Å². The molecule has 122 valence electrons. The maximum absolute atomic E-state index is 11.7. The highest BCUT2D eigenvalue weighted by Gasteiger charge is 2.25. The quantitative estimate of drug-likeness (QED) is 0.870. The van der Waals surface area contributed by atoms with Crippen LogP contribution in [0.3, 0.4) is 0 Å². The Morgan fingerprint density at radius 2 is 2.35 bits per heavy atom. The number of carbonyl (C=O) groups is 1. The van der Waals surface area contributed by atoms with E-state index in [0.717, 1.165) is 27.6 Å². The van der Waals surface area contributed by atoms with Crippen LogP contribution in [0.15, 0.2) is 18.2 Å². The first-order chi connectivity index (χ1) is 11.0. The van der Waals surface area contributed by atoms with Crippen LogP contribution in [0.5, 0.6) is 5.75 Å². The van der Waals surface area contributed by atoms with Crippen LogP contribution in [0.4, 0.5) is 10.8 Å². The van der Waals surface area contributed by atoms with Gasteiger partial charge in [0, 0.05) is 10.4 Å². The molecule has 0 saturated carbocycles. The van der Waals surface area contributed by atoms with Crippen LogP contribution in [-0.4, -0.2) is 37.3 Å². The number of nitrogen functional groups attached to an aromatic ring is 1. The molecule has 6 nitrogen and oxygen atoms in total. The van der Waals surface area contributed by atoms with Gasteiger partial charge in [0.05, 0.1) is 25.0 Å². The summed E-state index contributed by atoms with van der Waals surface area (Å²) in [7, 11) is 1.39. The van der Waals surface area contributed by atoms with Gasteiger partial charge in [-0.1, -0.05) is 0 Å². The SMILES string of the molecule is COC(=O)CN1CC(C)Oc2ccc(-c3nc(N)sc3C)cc21. The number of rotatable bonds is 3. The first kappa shape index (κ1) is 15.6. The van der Waals surface area contributed by atoms with Crippen molar-refractivity contribution >= 4 is 28.1 Å². The molecule has 1 atom stereocenters. The number of benzene rings is 1. The van der Waals surface area contributed by atoms with E-state index in [-0.39, 0.29) is 18.6 Å². The molecule has 3 rings (SSSR count). The number of aryl methyl sites for hydroxylation is 1. The van der Waals surface area contributed by atoms with E-state index in [9.17, 15) is 4.79 Å². The van der Waals surface area contributed by atoms with Crippen LogP contribution in [0, 0.1) is 6.92 Å². The Labute approximate surface area is 138 Å². The largest absolute Gasteiger partial charge is 0.487 e. The minimum absolute atomic E-state index is 0.00894. The van der Waals surface area contributed by atoms with Crippen LogP contribution in [-0.2, 0) is 9.53 Å². The highest BCUT2D eigenvalue weighted by atomic mass is 32.1. The first-order valence-corrected chi connectivity index (χ1v) is 8.15. The fourth-order valence-corrected chi connectivity index (χ4v) is 3.44. The van der Waals surface area contributed by atoms with Gasteiger partial charge >= 0.3 is 5.97 Å². The zero-order valence-corrected chi connectivity index (χ0v) is 14.1. The highest BCUT2D eigenvalue weighted by molar-refractivity contribution is 7.15. The Hall–Kier alpha value is -2.28. The predicted molar refractivity (Wildman–Crippen MR) is 91.0 cm³/mol. The predicted octanol–water partition coefficient (Wildman–Crippen LogP) is 2.46. The van der Waals surface area contributed by atoms with Crippen LogP contribution in [0.25, 0.3) is 11.3 Å². The molecule has 0 amide bonds. The number of thiazole rings is 1. The van der Waals surface area contributed by atoms with E-state index >= 15 is 0 Å². The third-order valence-electron chi connectivity index (χ3n) is 3.74. The Bertz CT molecular complexity index is 744. The number of ether oxygens (including phenoxy) is 2. The van der Waals surface area contributed by atoms with E-state index < -0.39 is 0 Å². The third-order valence-corrected chi connectivity index (χ3v) is 4.54. The first-order valence-electron chi connectivity index (χ1n) is 7.33. The smallest absolute Gasteiger partial charge is 0.325 e. The second-order valence-electron chi connectivity index (χ2n) is 5.52. The normalized spacial score (nSPS) is 16.7. The molecule has 23 heavy (non-hydrogen) atoms. The summed E-state index contributed by atoms with van der Waals surface area (Å²) in [5.41, 5.74) is 8.50. The highest BCUT2D eigenvalue weighted by Crippen LogP contribution is 2.38. The van der Waals surface area contributed by atoms with Crippen molar-refractivity contribution in [2.45, 2.75) is 20.0 Å². The molecule has 2 aromatic rings. The number of hydrogen-bond acceptors (Lipinski definition) is 7. The molecule has 1 aliphatic heterocycles. The van der Waals surface area contributed by atoms with Gasteiger partial charge in [0.2, 0.25) is 0 Å². The molecule has 0 spiro atoms.